The molecule has 144 valence electrons. The first kappa shape index (κ1) is 20.0. The molecule has 1 aliphatic carbocycles. The number of benzene rings is 1. The summed E-state index contributed by atoms with van der Waals surface area (Å²) in [5.74, 6) is 0. The van der Waals surface area contributed by atoms with Crippen molar-refractivity contribution in [2.45, 2.75) is 64.3 Å². The average Bonchev–Trinajstić information content (AvgIpc) is 2.66. The molecular weight excluding hydrogens is 363 g/mol. The second-order valence-corrected chi connectivity index (χ2v) is 8.49. The van der Waals surface area contributed by atoms with Crippen LogP contribution in [0.4, 0.5) is 5.69 Å². The monoisotopic (exact) mass is 394 g/mol. The van der Waals surface area contributed by atoms with Crippen LogP contribution in [0.25, 0.3) is 0 Å². The first-order chi connectivity index (χ1) is 12.7. The highest BCUT2D eigenvalue weighted by Crippen LogP contribution is 2.34. The van der Waals surface area contributed by atoms with Crippen molar-refractivity contribution in [2.24, 2.45) is 0 Å². The van der Waals surface area contributed by atoms with Crippen LogP contribution in [0.1, 0.15) is 58.3 Å². The van der Waals surface area contributed by atoms with Crippen molar-refractivity contribution in [3.05, 3.63) is 39.9 Å². The molecule has 3 rings (SSSR count). The van der Waals surface area contributed by atoms with Crippen molar-refractivity contribution in [1.29, 1.82) is 0 Å². The van der Waals surface area contributed by atoms with Gasteiger partial charge >= 0.3 is 0 Å². The minimum Gasteiger partial charge on any atom is -0.367 e. The molecule has 1 saturated carbocycles. The van der Waals surface area contributed by atoms with Crippen LogP contribution in [-0.4, -0.2) is 37.1 Å². The molecule has 1 heterocycles. The number of halogens is 2. The van der Waals surface area contributed by atoms with Crippen LogP contribution in [0.15, 0.2) is 29.8 Å². The van der Waals surface area contributed by atoms with E-state index in [1.165, 1.54) is 57.9 Å². The van der Waals surface area contributed by atoms with Gasteiger partial charge in [0.05, 0.1) is 15.7 Å². The lowest BCUT2D eigenvalue weighted by molar-refractivity contribution is 0.170. The molecule has 2 nitrogen and oxygen atoms in total. The van der Waals surface area contributed by atoms with Crippen molar-refractivity contribution >= 4 is 28.9 Å². The number of rotatable bonds is 6. The molecule has 26 heavy (non-hydrogen) atoms. The zero-order valence-corrected chi connectivity index (χ0v) is 17.5. The molecule has 1 aromatic carbocycles. The molecule has 0 aromatic heterocycles. The lowest BCUT2D eigenvalue weighted by Gasteiger charge is -2.43. The maximum Gasteiger partial charge on any atom is 0.0825 e. The second kappa shape index (κ2) is 10.0. The van der Waals surface area contributed by atoms with Gasteiger partial charge in [-0.1, -0.05) is 60.7 Å². The second-order valence-electron chi connectivity index (χ2n) is 7.71. The normalized spacial score (nSPS) is 21.9. The molecule has 0 radical (unpaired) electrons. The maximum absolute atomic E-state index is 6.46. The third kappa shape index (κ3) is 5.18. The van der Waals surface area contributed by atoms with E-state index in [0.717, 1.165) is 25.3 Å². The van der Waals surface area contributed by atoms with Gasteiger partial charge in [0.25, 0.3) is 0 Å². The van der Waals surface area contributed by atoms with Gasteiger partial charge in [-0.15, -0.1) is 0 Å². The van der Waals surface area contributed by atoms with E-state index < -0.39 is 0 Å². The summed E-state index contributed by atoms with van der Waals surface area (Å²) in [4.78, 5) is 5.11. The summed E-state index contributed by atoms with van der Waals surface area (Å²) in [5, 5.41) is 1.35. The average molecular weight is 395 g/mol. The zero-order valence-electron chi connectivity index (χ0n) is 16.0. The highest BCUT2D eigenvalue weighted by molar-refractivity contribution is 6.43. The van der Waals surface area contributed by atoms with Crippen LogP contribution < -0.4 is 4.90 Å². The maximum atomic E-state index is 6.46. The first-order valence-corrected chi connectivity index (χ1v) is 11.1. The summed E-state index contributed by atoms with van der Waals surface area (Å²) in [5.41, 5.74) is 2.79. The van der Waals surface area contributed by atoms with Gasteiger partial charge in [-0.3, -0.25) is 4.90 Å². The van der Waals surface area contributed by atoms with E-state index in [2.05, 4.69) is 28.9 Å². The Labute approximate surface area is 169 Å². The van der Waals surface area contributed by atoms with Gasteiger partial charge in [0.2, 0.25) is 0 Å². The summed E-state index contributed by atoms with van der Waals surface area (Å²) < 4.78 is 0. The van der Waals surface area contributed by atoms with Crippen LogP contribution >= 0.6 is 23.2 Å². The Morgan fingerprint density at radius 2 is 1.92 bits per heavy atom. The Morgan fingerprint density at radius 1 is 1.12 bits per heavy atom. The lowest BCUT2D eigenvalue weighted by Crippen LogP contribution is -2.53. The molecule has 2 aliphatic rings. The quantitative estimate of drug-likeness (QED) is 0.503. The number of allylic oxidation sites excluding steroid dienone is 1. The molecule has 2 fully saturated rings. The van der Waals surface area contributed by atoms with E-state index in [9.17, 15) is 0 Å². The molecule has 0 amide bonds. The van der Waals surface area contributed by atoms with Crippen molar-refractivity contribution < 1.29 is 0 Å². The van der Waals surface area contributed by atoms with E-state index in [4.69, 9.17) is 23.2 Å². The molecule has 4 heteroatoms. The van der Waals surface area contributed by atoms with Crippen LogP contribution in [0.2, 0.25) is 10.0 Å². The topological polar surface area (TPSA) is 6.48 Å². The minimum atomic E-state index is 0.605. The zero-order chi connectivity index (χ0) is 18.4. The van der Waals surface area contributed by atoms with E-state index in [1.807, 2.05) is 12.1 Å². The Bertz CT molecular complexity index is 606. The Kier molecular flexibility index (Phi) is 7.72. The number of piperazine rings is 1. The molecule has 0 N–H and O–H groups in total. The fourth-order valence-electron chi connectivity index (χ4n) is 4.39. The van der Waals surface area contributed by atoms with Gasteiger partial charge in [0.15, 0.2) is 0 Å². The van der Waals surface area contributed by atoms with Crippen molar-refractivity contribution in [2.75, 3.05) is 31.1 Å². The number of hydrogen-bond acceptors (Lipinski definition) is 2. The van der Waals surface area contributed by atoms with Crippen LogP contribution in [0.3, 0.4) is 0 Å². The van der Waals surface area contributed by atoms with E-state index in [0.29, 0.717) is 16.1 Å². The standard InChI is InChI=1S/C22H32Cl2N2/c1-2-8-19-17-26(21-13-6-12-20(23)22(21)24)16-15-25(19)14-7-11-18-9-4-3-5-10-18/h6,11-13,19H,2-5,7-10,14-17H2,1H3. The SMILES string of the molecule is CCCC1CN(c2cccc(Cl)c2Cl)CCN1CCC=C1CCCCC1. The summed E-state index contributed by atoms with van der Waals surface area (Å²) >= 11 is 12.7. The minimum absolute atomic E-state index is 0.605. The molecule has 0 spiro atoms. The van der Waals surface area contributed by atoms with Crippen molar-refractivity contribution in [3.63, 3.8) is 0 Å². The van der Waals surface area contributed by atoms with Crippen LogP contribution in [-0.2, 0) is 0 Å². The van der Waals surface area contributed by atoms with Crippen LogP contribution in [0, 0.1) is 0 Å². The number of hydrogen-bond donors (Lipinski definition) is 0. The number of anilines is 1. The summed E-state index contributed by atoms with van der Waals surface area (Å²) in [7, 11) is 0. The smallest absolute Gasteiger partial charge is 0.0825 e. The molecule has 1 saturated heterocycles. The summed E-state index contributed by atoms with van der Waals surface area (Å²) in [6, 6.07) is 6.57. The fourth-order valence-corrected chi connectivity index (χ4v) is 4.81. The lowest BCUT2D eigenvalue weighted by atomic mass is 9.94. The largest absolute Gasteiger partial charge is 0.367 e. The fraction of sp³-hybridized carbons (Fsp3) is 0.636. The predicted octanol–water partition coefficient (Wildman–Crippen LogP) is 6.56. The van der Waals surface area contributed by atoms with Gasteiger partial charge in [0.1, 0.15) is 0 Å². The van der Waals surface area contributed by atoms with Gasteiger partial charge in [-0.05, 0) is 50.7 Å². The van der Waals surface area contributed by atoms with E-state index in [1.54, 1.807) is 5.57 Å². The van der Waals surface area contributed by atoms with Gasteiger partial charge in [0, 0.05) is 32.2 Å². The molecular formula is C22H32Cl2N2. The van der Waals surface area contributed by atoms with Gasteiger partial charge in [-0.2, -0.15) is 0 Å². The highest BCUT2D eigenvalue weighted by Gasteiger charge is 2.27. The molecule has 0 bridgehead atoms. The third-order valence-electron chi connectivity index (χ3n) is 5.84. The predicted molar refractivity (Wildman–Crippen MR) is 115 cm³/mol. The number of nitrogens with zero attached hydrogens (tertiary/aromatic N) is 2. The summed E-state index contributed by atoms with van der Waals surface area (Å²) in [6.07, 6.45) is 13.1. The van der Waals surface area contributed by atoms with Gasteiger partial charge in [-0.25, -0.2) is 0 Å². The first-order valence-electron chi connectivity index (χ1n) is 10.3. The molecule has 1 unspecified atom stereocenters. The van der Waals surface area contributed by atoms with Crippen LogP contribution in [0.5, 0.6) is 0 Å². The summed E-state index contributed by atoms with van der Waals surface area (Å²) in [6.45, 7) is 6.65. The molecule has 1 atom stereocenters. The Morgan fingerprint density at radius 3 is 2.69 bits per heavy atom. The van der Waals surface area contributed by atoms with Crippen molar-refractivity contribution in [3.8, 4) is 0 Å². The third-order valence-corrected chi connectivity index (χ3v) is 6.65. The molecule has 1 aliphatic heterocycles. The highest BCUT2D eigenvalue weighted by atomic mass is 35.5. The van der Waals surface area contributed by atoms with Crippen molar-refractivity contribution in [1.82, 2.24) is 4.90 Å². The van der Waals surface area contributed by atoms with Gasteiger partial charge < -0.3 is 4.90 Å². The Balaban J connectivity index is 1.59. The van der Waals surface area contributed by atoms with E-state index in [-0.39, 0.29) is 0 Å². The van der Waals surface area contributed by atoms with E-state index >= 15 is 0 Å². The Hall–Kier alpha value is -0.700. The molecule has 1 aromatic rings.